The zero-order valence-corrected chi connectivity index (χ0v) is 15.8. The Labute approximate surface area is 155 Å². The summed E-state index contributed by atoms with van der Waals surface area (Å²) in [6.07, 6.45) is 0. The summed E-state index contributed by atoms with van der Waals surface area (Å²) in [7, 11) is 1.69. The van der Waals surface area contributed by atoms with Crippen molar-refractivity contribution in [2.45, 2.75) is 13.2 Å². The highest BCUT2D eigenvalue weighted by molar-refractivity contribution is 9.10. The van der Waals surface area contributed by atoms with E-state index in [1.54, 1.807) is 19.2 Å². The van der Waals surface area contributed by atoms with Gasteiger partial charge >= 0.3 is 0 Å². The molecule has 0 radical (unpaired) electrons. The van der Waals surface area contributed by atoms with E-state index in [1.165, 1.54) is 0 Å². The Bertz CT molecular complexity index is 652. The van der Waals surface area contributed by atoms with Crippen LogP contribution in [-0.2, 0) is 17.9 Å². The molecule has 0 atom stereocenters. The molecule has 0 heterocycles. The molecular weight excluding hydrogens is 401 g/mol. The molecule has 124 valence electrons. The maximum Gasteiger partial charge on any atom is 0.124 e. The highest BCUT2D eigenvalue weighted by atomic mass is 79.9. The number of benzene rings is 2. The molecule has 0 aliphatic rings. The minimum absolute atomic E-state index is 0.392. The summed E-state index contributed by atoms with van der Waals surface area (Å²) in [5.74, 6) is 0.823. The second kappa shape index (κ2) is 9.50. The van der Waals surface area contributed by atoms with Crippen LogP contribution in [0.15, 0.2) is 40.9 Å². The number of hydrogen-bond acceptors (Lipinski definition) is 3. The molecule has 2 aromatic rings. The van der Waals surface area contributed by atoms with Crippen molar-refractivity contribution in [1.82, 2.24) is 5.32 Å². The number of rotatable bonds is 8. The lowest BCUT2D eigenvalue weighted by Crippen LogP contribution is -2.19. The predicted octanol–water partition coefficient (Wildman–Crippen LogP) is 5.07. The van der Waals surface area contributed by atoms with E-state index in [2.05, 4.69) is 21.2 Å². The van der Waals surface area contributed by atoms with Gasteiger partial charge in [0.25, 0.3) is 0 Å². The normalized spacial score (nSPS) is 10.8. The molecule has 0 saturated carbocycles. The molecule has 0 saturated heterocycles. The monoisotopic (exact) mass is 417 g/mol. The summed E-state index contributed by atoms with van der Waals surface area (Å²) in [5, 5.41) is 4.54. The van der Waals surface area contributed by atoms with Crippen molar-refractivity contribution >= 4 is 39.1 Å². The number of halogens is 3. The third-order valence-electron chi connectivity index (χ3n) is 3.22. The van der Waals surface area contributed by atoms with Crippen LogP contribution in [-0.4, -0.2) is 20.3 Å². The van der Waals surface area contributed by atoms with Crippen LogP contribution in [0.4, 0.5) is 0 Å². The van der Waals surface area contributed by atoms with Crippen molar-refractivity contribution in [3.8, 4) is 5.75 Å². The molecule has 0 spiro atoms. The highest BCUT2D eigenvalue weighted by Crippen LogP contribution is 2.26. The van der Waals surface area contributed by atoms with E-state index < -0.39 is 0 Å². The molecule has 0 aromatic heterocycles. The topological polar surface area (TPSA) is 30.5 Å². The summed E-state index contributed by atoms with van der Waals surface area (Å²) in [5.41, 5.74) is 1.97. The third-order valence-corrected chi connectivity index (χ3v) is 4.30. The number of hydrogen-bond donors (Lipinski definition) is 1. The summed E-state index contributed by atoms with van der Waals surface area (Å²) >= 11 is 15.6. The Morgan fingerprint density at radius 3 is 2.65 bits per heavy atom. The molecule has 23 heavy (non-hydrogen) atoms. The van der Waals surface area contributed by atoms with Gasteiger partial charge in [-0.1, -0.05) is 45.2 Å². The van der Waals surface area contributed by atoms with Crippen LogP contribution in [0, 0.1) is 0 Å². The summed E-state index contributed by atoms with van der Waals surface area (Å²) < 4.78 is 12.0. The maximum atomic E-state index is 6.18. The molecule has 0 fully saturated rings. The largest absolute Gasteiger partial charge is 0.489 e. The van der Waals surface area contributed by atoms with Gasteiger partial charge in [0.15, 0.2) is 0 Å². The van der Waals surface area contributed by atoms with E-state index in [-0.39, 0.29) is 0 Å². The van der Waals surface area contributed by atoms with E-state index in [0.717, 1.165) is 27.9 Å². The quantitative estimate of drug-likeness (QED) is 0.607. The molecule has 0 bridgehead atoms. The molecule has 0 aliphatic carbocycles. The van der Waals surface area contributed by atoms with Gasteiger partial charge in [-0.3, -0.25) is 0 Å². The molecule has 0 unspecified atom stereocenters. The lowest BCUT2D eigenvalue weighted by molar-refractivity contribution is 0.199. The zero-order chi connectivity index (χ0) is 16.7. The summed E-state index contributed by atoms with van der Waals surface area (Å²) in [4.78, 5) is 0. The molecular formula is C17H18BrCl2NO2. The maximum absolute atomic E-state index is 6.18. The Morgan fingerprint density at radius 1 is 1.09 bits per heavy atom. The molecule has 2 rings (SSSR count). The van der Waals surface area contributed by atoms with Crippen LogP contribution in [0.3, 0.4) is 0 Å². The average Bonchev–Trinajstić information content (AvgIpc) is 2.52. The number of methoxy groups -OCH3 is 1. The van der Waals surface area contributed by atoms with E-state index in [9.17, 15) is 0 Å². The van der Waals surface area contributed by atoms with E-state index in [4.69, 9.17) is 32.7 Å². The van der Waals surface area contributed by atoms with Gasteiger partial charge in [0.05, 0.1) is 6.61 Å². The fraction of sp³-hybridized carbons (Fsp3) is 0.294. The van der Waals surface area contributed by atoms with Gasteiger partial charge in [0.2, 0.25) is 0 Å². The van der Waals surface area contributed by atoms with Crippen molar-refractivity contribution in [3.63, 3.8) is 0 Å². The smallest absolute Gasteiger partial charge is 0.124 e. The third kappa shape index (κ3) is 5.98. The van der Waals surface area contributed by atoms with Gasteiger partial charge in [-0.25, -0.2) is 0 Å². The fourth-order valence-electron chi connectivity index (χ4n) is 2.02. The van der Waals surface area contributed by atoms with Gasteiger partial charge in [0, 0.05) is 45.8 Å². The Hall–Kier alpha value is -0.780. The molecule has 0 aliphatic heterocycles. The van der Waals surface area contributed by atoms with Crippen molar-refractivity contribution in [2.24, 2.45) is 0 Å². The first kappa shape index (κ1) is 18.6. The highest BCUT2D eigenvalue weighted by Gasteiger charge is 2.07. The van der Waals surface area contributed by atoms with Crippen LogP contribution in [0.25, 0.3) is 0 Å². The first-order chi connectivity index (χ1) is 11.1. The lowest BCUT2D eigenvalue weighted by atomic mass is 10.2. The fourth-order valence-corrected chi connectivity index (χ4v) is 2.89. The first-order valence-electron chi connectivity index (χ1n) is 7.15. The van der Waals surface area contributed by atoms with Crippen LogP contribution < -0.4 is 10.1 Å². The van der Waals surface area contributed by atoms with Crippen molar-refractivity contribution < 1.29 is 9.47 Å². The average molecular weight is 419 g/mol. The lowest BCUT2D eigenvalue weighted by Gasteiger charge is -2.13. The van der Waals surface area contributed by atoms with Crippen LogP contribution in [0.5, 0.6) is 5.75 Å². The van der Waals surface area contributed by atoms with Crippen molar-refractivity contribution in [1.29, 1.82) is 0 Å². The van der Waals surface area contributed by atoms with Crippen molar-refractivity contribution in [2.75, 3.05) is 20.3 Å². The molecule has 0 amide bonds. The first-order valence-corrected chi connectivity index (χ1v) is 8.70. The van der Waals surface area contributed by atoms with Gasteiger partial charge in [0.1, 0.15) is 12.4 Å². The SMILES string of the molecule is COCCNCc1cc(Br)ccc1OCc1ccc(Cl)cc1Cl. The molecule has 1 N–H and O–H groups in total. The Balaban J connectivity index is 2.03. The Morgan fingerprint density at radius 2 is 1.91 bits per heavy atom. The second-order valence-electron chi connectivity index (χ2n) is 4.95. The number of nitrogens with one attached hydrogen (secondary N) is 1. The van der Waals surface area contributed by atoms with Gasteiger partial charge in [-0.2, -0.15) is 0 Å². The second-order valence-corrected chi connectivity index (χ2v) is 6.71. The van der Waals surface area contributed by atoms with E-state index in [0.29, 0.717) is 29.8 Å². The van der Waals surface area contributed by atoms with E-state index >= 15 is 0 Å². The summed E-state index contributed by atoms with van der Waals surface area (Å²) in [6, 6.07) is 11.3. The standard InChI is InChI=1S/C17H18BrCl2NO2/c1-22-7-6-21-10-13-8-14(18)3-5-17(13)23-11-12-2-4-15(19)9-16(12)20/h2-5,8-9,21H,6-7,10-11H2,1H3. The zero-order valence-electron chi connectivity index (χ0n) is 12.7. The van der Waals surface area contributed by atoms with Crippen LogP contribution in [0.2, 0.25) is 10.0 Å². The van der Waals surface area contributed by atoms with Gasteiger partial charge in [-0.15, -0.1) is 0 Å². The van der Waals surface area contributed by atoms with Crippen LogP contribution in [0.1, 0.15) is 11.1 Å². The van der Waals surface area contributed by atoms with E-state index in [1.807, 2.05) is 24.3 Å². The molecule has 6 heteroatoms. The minimum Gasteiger partial charge on any atom is -0.489 e. The minimum atomic E-state index is 0.392. The van der Waals surface area contributed by atoms with Crippen LogP contribution >= 0.6 is 39.1 Å². The van der Waals surface area contributed by atoms with Gasteiger partial charge in [-0.05, 0) is 30.3 Å². The van der Waals surface area contributed by atoms with Crippen molar-refractivity contribution in [3.05, 3.63) is 62.0 Å². The summed E-state index contributed by atoms with van der Waals surface area (Å²) in [6.45, 7) is 2.55. The predicted molar refractivity (Wildman–Crippen MR) is 98.5 cm³/mol. The number of ether oxygens (including phenoxy) is 2. The Kier molecular flexibility index (Phi) is 7.66. The molecule has 2 aromatic carbocycles. The molecule has 3 nitrogen and oxygen atoms in total. The van der Waals surface area contributed by atoms with Gasteiger partial charge < -0.3 is 14.8 Å².